The van der Waals surface area contributed by atoms with E-state index in [2.05, 4.69) is 0 Å². The number of benzene rings is 1. The fourth-order valence-corrected chi connectivity index (χ4v) is 5.95. The SMILES string of the molecule is Cc1ccc(S(=O)(=O)N2CCCC3C[C@H](F)CC[C@]32C)cc1. The number of halogens is 1. The van der Waals surface area contributed by atoms with Gasteiger partial charge in [0.15, 0.2) is 0 Å². The first kappa shape index (κ1) is 15.9. The van der Waals surface area contributed by atoms with Crippen molar-refractivity contribution in [3.05, 3.63) is 29.8 Å². The predicted molar refractivity (Wildman–Crippen MR) is 84.9 cm³/mol. The van der Waals surface area contributed by atoms with Crippen molar-refractivity contribution in [2.24, 2.45) is 5.92 Å². The van der Waals surface area contributed by atoms with E-state index in [4.69, 9.17) is 0 Å². The standard InChI is InChI=1S/C17H24FNO2S/c1-13-5-7-16(8-6-13)22(20,21)19-11-3-4-14-12-15(18)9-10-17(14,19)2/h5-8,14-15H,3-4,9-12H2,1-2H3/t14?,15-,17-/m1/s1. The molecule has 1 aromatic carbocycles. The number of hydrogen-bond donors (Lipinski definition) is 0. The first-order valence-electron chi connectivity index (χ1n) is 8.07. The normalized spacial score (nSPS) is 33.4. The lowest BCUT2D eigenvalue weighted by Gasteiger charge is -2.52. The summed E-state index contributed by atoms with van der Waals surface area (Å²) < 4.78 is 41.5. The second-order valence-electron chi connectivity index (χ2n) is 6.96. The number of alkyl halides is 1. The molecule has 1 saturated heterocycles. The summed E-state index contributed by atoms with van der Waals surface area (Å²) >= 11 is 0. The van der Waals surface area contributed by atoms with Crippen LogP contribution in [0.2, 0.25) is 0 Å². The Morgan fingerprint density at radius 2 is 1.91 bits per heavy atom. The lowest BCUT2D eigenvalue weighted by atomic mass is 9.69. The van der Waals surface area contributed by atoms with Crippen molar-refractivity contribution in [3.63, 3.8) is 0 Å². The third-order valence-electron chi connectivity index (χ3n) is 5.48. The van der Waals surface area contributed by atoms with E-state index in [9.17, 15) is 12.8 Å². The molecule has 0 amide bonds. The molecule has 2 aliphatic rings. The maximum Gasteiger partial charge on any atom is 0.243 e. The zero-order valence-corrected chi connectivity index (χ0v) is 14.1. The molecule has 3 rings (SSSR count). The molecule has 0 radical (unpaired) electrons. The number of hydrogen-bond acceptors (Lipinski definition) is 2. The zero-order chi connectivity index (χ0) is 16.0. The summed E-state index contributed by atoms with van der Waals surface area (Å²) in [5.41, 5.74) is 0.601. The highest BCUT2D eigenvalue weighted by Crippen LogP contribution is 2.46. The molecule has 2 fully saturated rings. The number of nitrogens with zero attached hydrogens (tertiary/aromatic N) is 1. The van der Waals surface area contributed by atoms with Gasteiger partial charge in [-0.2, -0.15) is 4.31 Å². The van der Waals surface area contributed by atoms with Crippen LogP contribution < -0.4 is 0 Å². The van der Waals surface area contributed by atoms with Crippen molar-refractivity contribution >= 4 is 10.0 Å². The molecule has 0 aromatic heterocycles. The highest BCUT2D eigenvalue weighted by atomic mass is 32.2. The van der Waals surface area contributed by atoms with Gasteiger partial charge in [-0.15, -0.1) is 0 Å². The van der Waals surface area contributed by atoms with Gasteiger partial charge in [0.1, 0.15) is 6.17 Å². The number of piperidine rings is 1. The van der Waals surface area contributed by atoms with E-state index in [0.29, 0.717) is 30.7 Å². The van der Waals surface area contributed by atoms with Gasteiger partial charge in [-0.3, -0.25) is 0 Å². The van der Waals surface area contributed by atoms with Gasteiger partial charge in [0.05, 0.1) is 4.90 Å². The molecular formula is C17H24FNO2S. The minimum Gasteiger partial charge on any atom is -0.247 e. The molecule has 3 atom stereocenters. The number of sulfonamides is 1. The molecule has 1 heterocycles. The van der Waals surface area contributed by atoms with Crippen LogP contribution in [0, 0.1) is 12.8 Å². The summed E-state index contributed by atoms with van der Waals surface area (Å²) in [5.74, 6) is 0.130. The van der Waals surface area contributed by atoms with Crippen LogP contribution in [-0.2, 0) is 10.0 Å². The smallest absolute Gasteiger partial charge is 0.243 e. The minimum absolute atomic E-state index is 0.130. The average molecular weight is 325 g/mol. The number of fused-ring (bicyclic) bond motifs is 1. The van der Waals surface area contributed by atoms with Crippen molar-refractivity contribution in [3.8, 4) is 0 Å². The molecule has 1 aliphatic carbocycles. The van der Waals surface area contributed by atoms with Gasteiger partial charge >= 0.3 is 0 Å². The van der Waals surface area contributed by atoms with E-state index in [1.807, 2.05) is 26.0 Å². The van der Waals surface area contributed by atoms with Crippen LogP contribution in [0.15, 0.2) is 29.2 Å². The van der Waals surface area contributed by atoms with Gasteiger partial charge in [-0.1, -0.05) is 17.7 Å². The summed E-state index contributed by atoms with van der Waals surface area (Å²) in [6.07, 6.45) is 2.54. The monoisotopic (exact) mass is 325 g/mol. The summed E-state index contributed by atoms with van der Waals surface area (Å²) in [4.78, 5) is 0.349. The van der Waals surface area contributed by atoms with Crippen LogP contribution in [0.4, 0.5) is 4.39 Å². The van der Waals surface area contributed by atoms with Gasteiger partial charge in [-0.25, -0.2) is 12.8 Å². The van der Waals surface area contributed by atoms with E-state index in [1.54, 1.807) is 16.4 Å². The molecular weight excluding hydrogens is 301 g/mol. The van der Waals surface area contributed by atoms with Gasteiger partial charge in [0.25, 0.3) is 0 Å². The Morgan fingerprint density at radius 1 is 1.23 bits per heavy atom. The molecule has 1 saturated carbocycles. The molecule has 0 spiro atoms. The van der Waals surface area contributed by atoms with Crippen LogP contribution in [0.5, 0.6) is 0 Å². The Bertz CT molecular complexity index is 643. The molecule has 1 unspecified atom stereocenters. The lowest BCUT2D eigenvalue weighted by Crippen LogP contribution is -2.59. The Hall–Kier alpha value is -0.940. The molecule has 0 N–H and O–H groups in total. The second-order valence-corrected chi connectivity index (χ2v) is 8.82. The fraction of sp³-hybridized carbons (Fsp3) is 0.647. The quantitative estimate of drug-likeness (QED) is 0.832. The van der Waals surface area contributed by atoms with Crippen LogP contribution in [-0.4, -0.2) is 31.0 Å². The Labute approximate surface area is 132 Å². The van der Waals surface area contributed by atoms with Crippen LogP contribution in [0.25, 0.3) is 0 Å². The highest BCUT2D eigenvalue weighted by molar-refractivity contribution is 7.89. The predicted octanol–water partition coefficient (Wildman–Crippen LogP) is 3.68. The number of aryl methyl sites for hydroxylation is 1. The van der Waals surface area contributed by atoms with Crippen molar-refractivity contribution in [2.75, 3.05) is 6.54 Å². The Balaban J connectivity index is 1.97. The third kappa shape index (κ3) is 2.58. The van der Waals surface area contributed by atoms with Gasteiger partial charge in [0, 0.05) is 12.1 Å². The molecule has 122 valence electrons. The van der Waals surface area contributed by atoms with Crippen molar-refractivity contribution in [1.29, 1.82) is 0 Å². The van der Waals surface area contributed by atoms with Crippen molar-refractivity contribution in [1.82, 2.24) is 4.31 Å². The maximum atomic E-state index is 13.7. The highest BCUT2D eigenvalue weighted by Gasteiger charge is 2.50. The van der Waals surface area contributed by atoms with Gasteiger partial charge in [-0.05, 0) is 64.0 Å². The maximum absolute atomic E-state index is 13.7. The van der Waals surface area contributed by atoms with Crippen LogP contribution in [0.3, 0.4) is 0 Å². The Kier molecular flexibility index (Phi) is 4.06. The van der Waals surface area contributed by atoms with E-state index in [1.165, 1.54) is 0 Å². The third-order valence-corrected chi connectivity index (χ3v) is 7.52. The largest absolute Gasteiger partial charge is 0.247 e. The van der Waals surface area contributed by atoms with E-state index >= 15 is 0 Å². The summed E-state index contributed by atoms with van der Waals surface area (Å²) in [6, 6.07) is 7.01. The first-order valence-corrected chi connectivity index (χ1v) is 9.51. The van der Waals surface area contributed by atoms with Gasteiger partial charge in [0.2, 0.25) is 10.0 Å². The van der Waals surface area contributed by atoms with E-state index in [0.717, 1.165) is 18.4 Å². The van der Waals surface area contributed by atoms with Crippen molar-refractivity contribution in [2.45, 2.75) is 62.6 Å². The average Bonchev–Trinajstić information content (AvgIpc) is 2.47. The number of rotatable bonds is 2. The lowest BCUT2D eigenvalue weighted by molar-refractivity contribution is 0.00941. The minimum atomic E-state index is -3.51. The van der Waals surface area contributed by atoms with Crippen LogP contribution in [0.1, 0.15) is 44.6 Å². The molecule has 1 aliphatic heterocycles. The molecule has 0 bridgehead atoms. The topological polar surface area (TPSA) is 37.4 Å². The summed E-state index contributed by atoms with van der Waals surface area (Å²) in [7, 11) is -3.51. The van der Waals surface area contributed by atoms with E-state index in [-0.39, 0.29) is 5.92 Å². The molecule has 1 aromatic rings. The van der Waals surface area contributed by atoms with E-state index < -0.39 is 21.7 Å². The van der Waals surface area contributed by atoms with Crippen molar-refractivity contribution < 1.29 is 12.8 Å². The first-order chi connectivity index (χ1) is 10.3. The van der Waals surface area contributed by atoms with Gasteiger partial charge < -0.3 is 0 Å². The zero-order valence-electron chi connectivity index (χ0n) is 13.3. The molecule has 22 heavy (non-hydrogen) atoms. The van der Waals surface area contributed by atoms with Crippen LogP contribution >= 0.6 is 0 Å². The second kappa shape index (κ2) is 5.60. The molecule has 5 heteroatoms. The molecule has 3 nitrogen and oxygen atoms in total. The summed E-state index contributed by atoms with van der Waals surface area (Å²) in [5, 5.41) is 0. The fourth-order valence-electron chi connectivity index (χ4n) is 4.06. The Morgan fingerprint density at radius 3 is 2.59 bits per heavy atom. The summed E-state index contributed by atoms with van der Waals surface area (Å²) in [6.45, 7) is 4.49.